The van der Waals surface area contributed by atoms with Crippen LogP contribution >= 0.6 is 0 Å². The van der Waals surface area contributed by atoms with Gasteiger partial charge >= 0.3 is 5.97 Å². The van der Waals surface area contributed by atoms with Crippen molar-refractivity contribution in [3.63, 3.8) is 0 Å². The highest BCUT2D eigenvalue weighted by molar-refractivity contribution is 5.97. The number of aliphatic hydroxyl groups is 1. The van der Waals surface area contributed by atoms with Gasteiger partial charge in [-0.2, -0.15) is 0 Å². The maximum Gasteiger partial charge on any atom is 0.330 e. The summed E-state index contributed by atoms with van der Waals surface area (Å²) in [6.45, 7) is 0.343. The van der Waals surface area contributed by atoms with Crippen molar-refractivity contribution in [2.45, 2.75) is 6.04 Å². The van der Waals surface area contributed by atoms with E-state index in [9.17, 15) is 9.59 Å². The van der Waals surface area contributed by atoms with E-state index in [1.54, 1.807) is 12.1 Å². The zero-order valence-corrected chi connectivity index (χ0v) is 10.9. The highest BCUT2D eigenvalue weighted by Crippen LogP contribution is 2.30. The summed E-state index contributed by atoms with van der Waals surface area (Å²) in [5, 5.41) is 11.4. The summed E-state index contributed by atoms with van der Waals surface area (Å²) in [5.74, 6) is -0.174. The fourth-order valence-corrected chi connectivity index (χ4v) is 1.75. The first-order valence-electron chi connectivity index (χ1n) is 6.05. The maximum absolute atomic E-state index is 12.0. The highest BCUT2D eigenvalue weighted by Gasteiger charge is 2.22. The summed E-state index contributed by atoms with van der Waals surface area (Å²) in [6, 6.07) is 3.60. The molecule has 0 saturated heterocycles. The quantitative estimate of drug-likeness (QED) is 0.737. The van der Waals surface area contributed by atoms with Crippen molar-refractivity contribution >= 4 is 11.9 Å². The first-order valence-corrected chi connectivity index (χ1v) is 6.05. The molecular formula is C13H15NO6. The van der Waals surface area contributed by atoms with Gasteiger partial charge in [-0.05, 0) is 18.2 Å². The van der Waals surface area contributed by atoms with E-state index >= 15 is 0 Å². The lowest BCUT2D eigenvalue weighted by atomic mass is 10.1. The van der Waals surface area contributed by atoms with E-state index < -0.39 is 24.5 Å². The number of amides is 1. The Morgan fingerprint density at radius 1 is 1.35 bits per heavy atom. The lowest BCUT2D eigenvalue weighted by molar-refractivity contribution is -0.143. The zero-order chi connectivity index (χ0) is 14.5. The number of benzene rings is 1. The fourth-order valence-electron chi connectivity index (χ4n) is 1.75. The van der Waals surface area contributed by atoms with Crippen LogP contribution in [0.15, 0.2) is 18.2 Å². The summed E-state index contributed by atoms with van der Waals surface area (Å²) >= 11 is 0. The van der Waals surface area contributed by atoms with Crippen LogP contribution in [0.3, 0.4) is 0 Å². The summed E-state index contributed by atoms with van der Waals surface area (Å²) in [5.41, 5.74) is 0.302. The van der Waals surface area contributed by atoms with Crippen LogP contribution in [-0.4, -0.2) is 50.0 Å². The van der Waals surface area contributed by atoms with Crippen molar-refractivity contribution in [3.8, 4) is 11.5 Å². The van der Waals surface area contributed by atoms with Gasteiger partial charge in [0.15, 0.2) is 17.5 Å². The standard InChI is InChI=1S/C13H15NO6/c1-18-13(17)9(7-15)14-12(16)8-2-3-10-11(6-8)20-5-4-19-10/h2-3,6,9,15H,4-5,7H2,1H3,(H,14,16). The van der Waals surface area contributed by atoms with Crippen LogP contribution in [0.2, 0.25) is 0 Å². The van der Waals surface area contributed by atoms with Gasteiger partial charge in [-0.3, -0.25) is 4.79 Å². The van der Waals surface area contributed by atoms with Gasteiger partial charge in [0.25, 0.3) is 5.91 Å². The SMILES string of the molecule is COC(=O)C(CO)NC(=O)c1ccc2c(c1)OCCO2. The maximum atomic E-state index is 12.0. The minimum Gasteiger partial charge on any atom is -0.486 e. The van der Waals surface area contributed by atoms with Gasteiger partial charge in [0, 0.05) is 5.56 Å². The highest BCUT2D eigenvalue weighted by atomic mass is 16.6. The predicted octanol–water partition coefficient (Wildman–Crippen LogP) is -0.279. The molecule has 7 heteroatoms. The molecule has 1 aliphatic heterocycles. The second-order valence-corrected chi connectivity index (χ2v) is 4.09. The third kappa shape index (κ3) is 3.00. The van der Waals surface area contributed by atoms with E-state index in [1.165, 1.54) is 13.2 Å². The topological polar surface area (TPSA) is 94.1 Å². The molecule has 0 aliphatic carbocycles. The molecule has 0 aromatic heterocycles. The number of nitrogens with one attached hydrogen (secondary N) is 1. The number of esters is 1. The predicted molar refractivity (Wildman–Crippen MR) is 67.8 cm³/mol. The largest absolute Gasteiger partial charge is 0.486 e. The van der Waals surface area contributed by atoms with Gasteiger partial charge in [0.05, 0.1) is 13.7 Å². The number of rotatable bonds is 4. The smallest absolute Gasteiger partial charge is 0.330 e. The minimum atomic E-state index is -1.10. The van der Waals surface area contributed by atoms with Crippen molar-refractivity contribution in [2.24, 2.45) is 0 Å². The Kier molecular flexibility index (Phi) is 4.41. The Hall–Kier alpha value is -2.28. The van der Waals surface area contributed by atoms with Gasteiger partial charge in [-0.1, -0.05) is 0 Å². The molecule has 0 saturated carbocycles. The molecule has 7 nitrogen and oxygen atoms in total. The lowest BCUT2D eigenvalue weighted by Crippen LogP contribution is -2.44. The normalized spacial score (nSPS) is 14.3. The second-order valence-electron chi connectivity index (χ2n) is 4.09. The van der Waals surface area contributed by atoms with Gasteiger partial charge in [-0.25, -0.2) is 4.79 Å². The van der Waals surface area contributed by atoms with E-state index in [0.29, 0.717) is 30.3 Å². The molecule has 1 unspecified atom stereocenters. The number of fused-ring (bicyclic) bond motifs is 1. The number of carbonyl (C=O) groups is 2. The molecule has 0 spiro atoms. The van der Waals surface area contributed by atoms with Crippen molar-refractivity contribution in [2.75, 3.05) is 26.9 Å². The Labute approximate surface area is 115 Å². The van der Waals surface area contributed by atoms with E-state index in [0.717, 1.165) is 0 Å². The number of hydrogen-bond acceptors (Lipinski definition) is 6. The van der Waals surface area contributed by atoms with Crippen molar-refractivity contribution in [1.29, 1.82) is 0 Å². The Bertz CT molecular complexity index is 516. The van der Waals surface area contributed by atoms with Crippen molar-refractivity contribution in [1.82, 2.24) is 5.32 Å². The summed E-state index contributed by atoms with van der Waals surface area (Å²) in [4.78, 5) is 23.3. The van der Waals surface area contributed by atoms with Crippen LogP contribution in [-0.2, 0) is 9.53 Å². The molecule has 0 bridgehead atoms. The first kappa shape index (κ1) is 14.1. The average Bonchev–Trinajstić information content (AvgIpc) is 2.51. The number of aliphatic hydroxyl groups excluding tert-OH is 1. The van der Waals surface area contributed by atoms with Gasteiger partial charge in [-0.15, -0.1) is 0 Å². The van der Waals surface area contributed by atoms with E-state index in [-0.39, 0.29) is 0 Å². The summed E-state index contributed by atoms with van der Waals surface area (Å²) in [7, 11) is 1.18. The van der Waals surface area contributed by atoms with Gasteiger partial charge in [0.1, 0.15) is 13.2 Å². The third-order valence-electron chi connectivity index (χ3n) is 2.78. The molecule has 1 atom stereocenters. The third-order valence-corrected chi connectivity index (χ3v) is 2.78. The van der Waals surface area contributed by atoms with Crippen LogP contribution < -0.4 is 14.8 Å². The monoisotopic (exact) mass is 281 g/mol. The lowest BCUT2D eigenvalue weighted by Gasteiger charge is -2.19. The van der Waals surface area contributed by atoms with Crippen LogP contribution in [0.1, 0.15) is 10.4 Å². The molecule has 2 N–H and O–H groups in total. The summed E-state index contributed by atoms with van der Waals surface area (Å²) in [6.07, 6.45) is 0. The molecule has 0 radical (unpaired) electrons. The van der Waals surface area contributed by atoms with Crippen molar-refractivity contribution in [3.05, 3.63) is 23.8 Å². The summed E-state index contributed by atoms with van der Waals surface area (Å²) < 4.78 is 15.2. The molecule has 1 amide bonds. The molecular weight excluding hydrogens is 266 g/mol. The zero-order valence-electron chi connectivity index (χ0n) is 10.9. The van der Waals surface area contributed by atoms with E-state index in [2.05, 4.69) is 10.1 Å². The molecule has 108 valence electrons. The number of ether oxygens (including phenoxy) is 3. The van der Waals surface area contributed by atoms with Gasteiger partial charge < -0.3 is 24.6 Å². The van der Waals surface area contributed by atoms with Crippen molar-refractivity contribution < 1.29 is 28.9 Å². The molecule has 0 fully saturated rings. The molecule has 20 heavy (non-hydrogen) atoms. The van der Waals surface area contributed by atoms with Crippen LogP contribution in [0, 0.1) is 0 Å². The first-order chi connectivity index (χ1) is 9.65. The second kappa shape index (κ2) is 6.25. The van der Waals surface area contributed by atoms with Crippen LogP contribution in [0.5, 0.6) is 11.5 Å². The Morgan fingerprint density at radius 2 is 2.05 bits per heavy atom. The van der Waals surface area contributed by atoms with Crippen LogP contribution in [0.4, 0.5) is 0 Å². The molecule has 1 heterocycles. The number of methoxy groups -OCH3 is 1. The van der Waals surface area contributed by atoms with E-state index in [1.807, 2.05) is 0 Å². The number of carbonyl (C=O) groups excluding carboxylic acids is 2. The molecule has 2 rings (SSSR count). The Morgan fingerprint density at radius 3 is 2.70 bits per heavy atom. The average molecular weight is 281 g/mol. The Balaban J connectivity index is 2.11. The molecule has 1 aromatic rings. The number of hydrogen-bond donors (Lipinski definition) is 2. The van der Waals surface area contributed by atoms with Crippen LogP contribution in [0.25, 0.3) is 0 Å². The molecule has 1 aromatic carbocycles. The fraction of sp³-hybridized carbons (Fsp3) is 0.385. The molecule has 1 aliphatic rings. The van der Waals surface area contributed by atoms with Gasteiger partial charge in [0.2, 0.25) is 0 Å². The minimum absolute atomic E-state index is 0.302. The van der Waals surface area contributed by atoms with E-state index in [4.69, 9.17) is 14.6 Å².